The molecule has 70 valence electrons. The second kappa shape index (κ2) is 3.91. The van der Waals surface area contributed by atoms with Crippen molar-refractivity contribution in [3.63, 3.8) is 0 Å². The minimum absolute atomic E-state index is 0.110. The highest BCUT2D eigenvalue weighted by atomic mass is 35.5. The van der Waals surface area contributed by atoms with Crippen LogP contribution in [0, 0.1) is 0 Å². The Morgan fingerprint density at radius 3 is 2.69 bits per heavy atom. The maximum atomic E-state index is 10.5. The quantitative estimate of drug-likeness (QED) is 0.792. The van der Waals surface area contributed by atoms with Gasteiger partial charge in [0.1, 0.15) is 6.04 Å². The summed E-state index contributed by atoms with van der Waals surface area (Å²) in [4.78, 5) is 14.2. The van der Waals surface area contributed by atoms with Gasteiger partial charge in [0.25, 0.3) is 0 Å². The van der Waals surface area contributed by atoms with E-state index in [2.05, 4.69) is 4.98 Å². The molecule has 0 amide bonds. The van der Waals surface area contributed by atoms with Crippen molar-refractivity contribution < 1.29 is 9.90 Å². The van der Waals surface area contributed by atoms with Crippen LogP contribution in [0.1, 0.15) is 11.7 Å². The monoisotopic (exact) mass is 220 g/mol. The third kappa shape index (κ3) is 2.30. The van der Waals surface area contributed by atoms with Gasteiger partial charge in [0.05, 0.1) is 15.7 Å². The number of aromatic nitrogens is 1. The highest BCUT2D eigenvalue weighted by molar-refractivity contribution is 6.34. The van der Waals surface area contributed by atoms with E-state index in [4.69, 9.17) is 34.0 Å². The summed E-state index contributed by atoms with van der Waals surface area (Å²) in [5.74, 6) is -1.18. The van der Waals surface area contributed by atoms with Crippen LogP contribution in [0.3, 0.4) is 0 Å². The largest absolute Gasteiger partial charge is 0.480 e. The first-order valence-corrected chi connectivity index (χ1v) is 4.07. The molecule has 1 aromatic rings. The number of nitrogens with zero attached hydrogens (tertiary/aromatic N) is 1. The molecule has 1 rings (SSSR count). The number of rotatable bonds is 2. The average molecular weight is 221 g/mol. The van der Waals surface area contributed by atoms with Gasteiger partial charge in [0, 0.05) is 6.20 Å². The van der Waals surface area contributed by atoms with Crippen molar-refractivity contribution in [3.8, 4) is 0 Å². The van der Waals surface area contributed by atoms with Gasteiger partial charge in [-0.05, 0) is 6.07 Å². The molecular formula is C7H6Cl2N2O2. The van der Waals surface area contributed by atoms with Crippen LogP contribution in [0.25, 0.3) is 0 Å². The molecule has 0 aromatic carbocycles. The standard InChI is InChI=1S/C7H6Cl2N2O2/c8-3-1-4(9)6(11-2-3)5(10)7(12)13/h1-2,5H,10H2,(H,12,13)/t5-/m1/s1. The van der Waals surface area contributed by atoms with E-state index in [9.17, 15) is 4.79 Å². The zero-order chi connectivity index (χ0) is 10.0. The molecule has 3 N–H and O–H groups in total. The SMILES string of the molecule is N[C@@H](C(=O)O)c1ncc(Cl)cc1Cl. The molecule has 0 radical (unpaired) electrons. The molecule has 0 unspecified atom stereocenters. The molecule has 0 bridgehead atoms. The lowest BCUT2D eigenvalue weighted by Gasteiger charge is -2.07. The molecule has 0 saturated heterocycles. The number of carboxylic acids is 1. The first kappa shape index (κ1) is 10.2. The van der Waals surface area contributed by atoms with Crippen molar-refractivity contribution >= 4 is 29.2 Å². The fourth-order valence-corrected chi connectivity index (χ4v) is 1.27. The van der Waals surface area contributed by atoms with Crippen LogP contribution < -0.4 is 5.73 Å². The number of carboxylic acid groups (broad SMARTS) is 1. The maximum absolute atomic E-state index is 10.5. The van der Waals surface area contributed by atoms with Crippen LogP contribution in [-0.2, 0) is 4.79 Å². The Morgan fingerprint density at radius 1 is 1.62 bits per heavy atom. The van der Waals surface area contributed by atoms with Gasteiger partial charge in [0.2, 0.25) is 0 Å². The van der Waals surface area contributed by atoms with Gasteiger partial charge < -0.3 is 10.8 Å². The fourth-order valence-electron chi connectivity index (χ4n) is 0.771. The zero-order valence-corrected chi connectivity index (χ0v) is 7.88. The first-order valence-electron chi connectivity index (χ1n) is 3.31. The third-order valence-corrected chi connectivity index (χ3v) is 1.91. The van der Waals surface area contributed by atoms with Gasteiger partial charge in [-0.1, -0.05) is 23.2 Å². The molecule has 0 spiro atoms. The lowest BCUT2D eigenvalue weighted by molar-refractivity contribution is -0.138. The second-order valence-corrected chi connectivity index (χ2v) is 3.18. The zero-order valence-electron chi connectivity index (χ0n) is 6.37. The molecule has 0 aliphatic heterocycles. The van der Waals surface area contributed by atoms with Gasteiger partial charge >= 0.3 is 5.97 Å². The van der Waals surface area contributed by atoms with Crippen LogP contribution in [0.2, 0.25) is 10.0 Å². The molecule has 1 atom stereocenters. The van der Waals surface area contributed by atoms with Crippen molar-refractivity contribution in [1.82, 2.24) is 4.98 Å². The lowest BCUT2D eigenvalue weighted by Crippen LogP contribution is -2.22. The lowest BCUT2D eigenvalue weighted by atomic mass is 10.2. The van der Waals surface area contributed by atoms with E-state index < -0.39 is 12.0 Å². The predicted octanol–water partition coefficient (Wildman–Crippen LogP) is 1.47. The van der Waals surface area contributed by atoms with E-state index in [1.807, 2.05) is 0 Å². The number of pyridine rings is 1. The summed E-state index contributed by atoms with van der Waals surface area (Å²) in [5.41, 5.74) is 5.41. The molecule has 1 heterocycles. The molecule has 0 fully saturated rings. The van der Waals surface area contributed by atoms with E-state index >= 15 is 0 Å². The number of hydrogen-bond donors (Lipinski definition) is 2. The van der Waals surface area contributed by atoms with Crippen molar-refractivity contribution in [2.45, 2.75) is 6.04 Å². The van der Waals surface area contributed by atoms with E-state index in [0.717, 1.165) is 0 Å². The Kier molecular flexibility index (Phi) is 3.08. The molecule has 4 nitrogen and oxygen atoms in total. The minimum Gasteiger partial charge on any atom is -0.480 e. The Labute approximate surface area is 84.3 Å². The van der Waals surface area contributed by atoms with Crippen molar-refractivity contribution in [2.75, 3.05) is 0 Å². The summed E-state index contributed by atoms with van der Waals surface area (Å²) in [6.07, 6.45) is 1.30. The van der Waals surface area contributed by atoms with Crippen LogP contribution >= 0.6 is 23.2 Å². The van der Waals surface area contributed by atoms with E-state index in [-0.39, 0.29) is 10.7 Å². The third-order valence-electron chi connectivity index (χ3n) is 1.40. The van der Waals surface area contributed by atoms with Gasteiger partial charge in [-0.15, -0.1) is 0 Å². The van der Waals surface area contributed by atoms with Crippen LogP contribution in [0.4, 0.5) is 0 Å². The van der Waals surface area contributed by atoms with Crippen molar-refractivity contribution in [1.29, 1.82) is 0 Å². The topological polar surface area (TPSA) is 76.2 Å². The van der Waals surface area contributed by atoms with Gasteiger partial charge in [-0.2, -0.15) is 0 Å². The van der Waals surface area contributed by atoms with E-state index in [1.54, 1.807) is 0 Å². The summed E-state index contributed by atoms with van der Waals surface area (Å²) in [6, 6.07) is 0.179. The summed E-state index contributed by atoms with van der Waals surface area (Å²) in [5, 5.41) is 9.07. The molecular weight excluding hydrogens is 215 g/mol. The number of hydrogen-bond acceptors (Lipinski definition) is 3. The normalized spacial score (nSPS) is 12.5. The Hall–Kier alpha value is -0.840. The maximum Gasteiger partial charge on any atom is 0.326 e. The molecule has 0 saturated carbocycles. The number of aliphatic carboxylic acids is 1. The van der Waals surface area contributed by atoms with Crippen LogP contribution in [-0.4, -0.2) is 16.1 Å². The summed E-state index contributed by atoms with van der Waals surface area (Å²) < 4.78 is 0. The van der Waals surface area contributed by atoms with Gasteiger partial charge in [-0.25, -0.2) is 0 Å². The highest BCUT2D eigenvalue weighted by Crippen LogP contribution is 2.22. The molecule has 1 aromatic heterocycles. The first-order chi connectivity index (χ1) is 6.02. The molecule has 0 aliphatic rings. The number of halogens is 2. The summed E-state index contributed by atoms with van der Waals surface area (Å²) in [6.45, 7) is 0. The molecule has 6 heteroatoms. The fraction of sp³-hybridized carbons (Fsp3) is 0.143. The van der Waals surface area contributed by atoms with E-state index in [1.165, 1.54) is 12.3 Å². The summed E-state index contributed by atoms with van der Waals surface area (Å²) in [7, 11) is 0. The second-order valence-electron chi connectivity index (χ2n) is 2.34. The van der Waals surface area contributed by atoms with Gasteiger partial charge in [0.15, 0.2) is 0 Å². The van der Waals surface area contributed by atoms with Crippen molar-refractivity contribution in [2.24, 2.45) is 5.73 Å². The summed E-state index contributed by atoms with van der Waals surface area (Å²) >= 11 is 11.2. The van der Waals surface area contributed by atoms with E-state index in [0.29, 0.717) is 5.02 Å². The van der Waals surface area contributed by atoms with Crippen LogP contribution in [0.5, 0.6) is 0 Å². The average Bonchev–Trinajstić information content (AvgIpc) is 2.03. The predicted molar refractivity (Wildman–Crippen MR) is 48.8 cm³/mol. The van der Waals surface area contributed by atoms with Crippen molar-refractivity contribution in [3.05, 3.63) is 28.0 Å². The van der Waals surface area contributed by atoms with Crippen LogP contribution in [0.15, 0.2) is 12.3 Å². The minimum atomic E-state index is -1.22. The number of nitrogens with two attached hydrogens (primary N) is 1. The smallest absolute Gasteiger partial charge is 0.326 e. The highest BCUT2D eigenvalue weighted by Gasteiger charge is 2.18. The Balaban J connectivity index is 3.08. The number of carbonyl (C=O) groups is 1. The Bertz CT molecular complexity index is 343. The molecule has 0 aliphatic carbocycles. The Morgan fingerprint density at radius 2 is 2.23 bits per heavy atom. The molecule has 13 heavy (non-hydrogen) atoms. The van der Waals surface area contributed by atoms with Gasteiger partial charge in [-0.3, -0.25) is 9.78 Å².